The Hall–Kier alpha value is -2.48. The Morgan fingerprint density at radius 2 is 2.04 bits per heavy atom. The number of carbonyl (C=O) groups excluding carboxylic acids is 1. The topological polar surface area (TPSA) is 60.5 Å². The Balaban J connectivity index is 1.77. The highest BCUT2D eigenvalue weighted by molar-refractivity contribution is 9.10. The molecule has 0 aliphatic rings. The molecule has 3 aromatic rings. The Bertz CT molecular complexity index is 999. The van der Waals surface area contributed by atoms with Crippen LogP contribution in [-0.4, -0.2) is 24.8 Å². The van der Waals surface area contributed by atoms with Gasteiger partial charge in [0.1, 0.15) is 17.4 Å². The quantitative estimate of drug-likeness (QED) is 0.486. The van der Waals surface area contributed by atoms with E-state index in [-0.39, 0.29) is 17.4 Å². The molecule has 1 amide bonds. The van der Waals surface area contributed by atoms with Crippen molar-refractivity contribution >= 4 is 39.3 Å². The summed E-state index contributed by atoms with van der Waals surface area (Å²) in [5.41, 5.74) is 1.87. The zero-order chi connectivity index (χ0) is 20.1. The van der Waals surface area contributed by atoms with Gasteiger partial charge in [-0.15, -0.1) is 0 Å². The molecule has 0 spiro atoms. The highest BCUT2D eigenvalue weighted by atomic mass is 79.9. The zero-order valence-corrected chi connectivity index (χ0v) is 17.1. The maximum absolute atomic E-state index is 13.1. The van der Waals surface area contributed by atoms with Crippen LogP contribution >= 0.6 is 27.5 Å². The second-order valence-electron chi connectivity index (χ2n) is 5.70. The summed E-state index contributed by atoms with van der Waals surface area (Å²) in [6.45, 7) is 0.149. The summed E-state index contributed by atoms with van der Waals surface area (Å²) in [6.07, 6.45) is 1.63. The molecule has 0 bridgehead atoms. The fourth-order valence-electron chi connectivity index (χ4n) is 2.43. The molecular formula is C20H15BrClFN2O3. The number of nitrogens with zero attached hydrogens (tertiary/aromatic N) is 1. The third-order valence-corrected chi connectivity index (χ3v) is 4.78. The number of benzene rings is 2. The minimum Gasteiger partial charge on any atom is -0.468 e. The van der Waals surface area contributed by atoms with Crippen molar-refractivity contribution in [2.24, 2.45) is 0 Å². The van der Waals surface area contributed by atoms with Crippen molar-refractivity contribution < 1.29 is 18.7 Å². The molecule has 0 saturated heterocycles. The standard InChI is InChI=1S/C20H15BrClFN2O3/c1-27-11-28-14-4-6-17(21)16(9-14)12-2-7-19(24-10-12)25-20(26)15-5-3-13(23)8-18(15)22/h2-10H,11H2,1H3,(H,24,25,26). The lowest BCUT2D eigenvalue weighted by Crippen LogP contribution is -2.13. The van der Waals surface area contributed by atoms with Crippen LogP contribution in [0.5, 0.6) is 5.75 Å². The molecule has 0 radical (unpaired) electrons. The van der Waals surface area contributed by atoms with Crippen molar-refractivity contribution in [1.29, 1.82) is 0 Å². The molecule has 5 nitrogen and oxygen atoms in total. The van der Waals surface area contributed by atoms with Crippen LogP contribution in [0.4, 0.5) is 10.2 Å². The number of ether oxygens (including phenoxy) is 2. The highest BCUT2D eigenvalue weighted by Gasteiger charge is 2.12. The molecule has 144 valence electrons. The predicted octanol–water partition coefficient (Wildman–Crippen LogP) is 5.54. The first-order valence-electron chi connectivity index (χ1n) is 8.12. The van der Waals surface area contributed by atoms with Crippen molar-refractivity contribution in [1.82, 2.24) is 4.98 Å². The number of hydrogen-bond donors (Lipinski definition) is 1. The lowest BCUT2D eigenvalue weighted by atomic mass is 10.1. The van der Waals surface area contributed by atoms with Crippen molar-refractivity contribution in [3.63, 3.8) is 0 Å². The van der Waals surface area contributed by atoms with Crippen LogP contribution in [-0.2, 0) is 4.74 Å². The number of methoxy groups -OCH3 is 1. The van der Waals surface area contributed by atoms with Gasteiger partial charge in [0, 0.05) is 28.9 Å². The molecule has 2 aromatic carbocycles. The van der Waals surface area contributed by atoms with Gasteiger partial charge in [0.2, 0.25) is 0 Å². The third-order valence-electron chi connectivity index (χ3n) is 3.77. The minimum absolute atomic E-state index is 0.0333. The largest absolute Gasteiger partial charge is 0.468 e. The monoisotopic (exact) mass is 464 g/mol. The number of hydrogen-bond acceptors (Lipinski definition) is 4. The van der Waals surface area contributed by atoms with Crippen LogP contribution in [0.15, 0.2) is 59.2 Å². The fraction of sp³-hybridized carbons (Fsp3) is 0.100. The Kier molecular flexibility index (Phi) is 6.61. The van der Waals surface area contributed by atoms with E-state index in [1.165, 1.54) is 12.1 Å². The smallest absolute Gasteiger partial charge is 0.258 e. The summed E-state index contributed by atoms with van der Waals surface area (Å²) >= 11 is 9.43. The second kappa shape index (κ2) is 9.14. The number of rotatable bonds is 6. The Labute approximate surface area is 174 Å². The summed E-state index contributed by atoms with van der Waals surface area (Å²) in [7, 11) is 1.55. The summed E-state index contributed by atoms with van der Waals surface area (Å²) < 4.78 is 24.4. The van der Waals surface area contributed by atoms with E-state index < -0.39 is 11.7 Å². The number of pyridine rings is 1. The number of amides is 1. The highest BCUT2D eigenvalue weighted by Crippen LogP contribution is 2.32. The molecule has 1 heterocycles. The summed E-state index contributed by atoms with van der Waals surface area (Å²) in [5.74, 6) is 0.0214. The maximum Gasteiger partial charge on any atom is 0.258 e. The minimum atomic E-state index is -0.508. The van der Waals surface area contributed by atoms with Gasteiger partial charge in [-0.05, 0) is 48.5 Å². The molecule has 0 aliphatic carbocycles. The number of halogens is 3. The molecule has 3 rings (SSSR count). The first kappa shape index (κ1) is 20.3. The lowest BCUT2D eigenvalue weighted by molar-refractivity contribution is 0.0511. The van der Waals surface area contributed by atoms with Gasteiger partial charge in [0.25, 0.3) is 5.91 Å². The van der Waals surface area contributed by atoms with E-state index in [1.807, 2.05) is 24.3 Å². The molecular weight excluding hydrogens is 451 g/mol. The van der Waals surface area contributed by atoms with E-state index >= 15 is 0 Å². The number of anilines is 1. The van der Waals surface area contributed by atoms with Crippen molar-refractivity contribution in [2.75, 3.05) is 19.2 Å². The van der Waals surface area contributed by atoms with E-state index in [4.69, 9.17) is 21.1 Å². The van der Waals surface area contributed by atoms with Gasteiger partial charge >= 0.3 is 0 Å². The second-order valence-corrected chi connectivity index (χ2v) is 6.96. The van der Waals surface area contributed by atoms with E-state index in [0.717, 1.165) is 21.7 Å². The normalized spacial score (nSPS) is 10.6. The third kappa shape index (κ3) is 4.86. The molecule has 0 aliphatic heterocycles. The van der Waals surface area contributed by atoms with Gasteiger partial charge in [-0.2, -0.15) is 0 Å². The van der Waals surface area contributed by atoms with Gasteiger partial charge in [-0.3, -0.25) is 4.79 Å². The number of nitrogens with one attached hydrogen (secondary N) is 1. The van der Waals surface area contributed by atoms with Crippen LogP contribution in [0.1, 0.15) is 10.4 Å². The van der Waals surface area contributed by atoms with Crippen LogP contribution in [0.25, 0.3) is 11.1 Å². The van der Waals surface area contributed by atoms with Crippen LogP contribution in [0, 0.1) is 5.82 Å². The van der Waals surface area contributed by atoms with Crippen LogP contribution in [0.3, 0.4) is 0 Å². The average Bonchev–Trinajstić information content (AvgIpc) is 2.68. The molecule has 0 fully saturated rings. The molecule has 8 heteroatoms. The number of aromatic nitrogens is 1. The van der Waals surface area contributed by atoms with Crippen LogP contribution < -0.4 is 10.1 Å². The molecule has 0 saturated carbocycles. The van der Waals surface area contributed by atoms with Crippen molar-refractivity contribution in [2.45, 2.75) is 0 Å². The summed E-state index contributed by atoms with van der Waals surface area (Å²) in [5, 5.41) is 2.67. The SMILES string of the molecule is COCOc1ccc(Br)c(-c2ccc(NC(=O)c3ccc(F)cc3Cl)nc2)c1. The Morgan fingerprint density at radius 1 is 1.21 bits per heavy atom. The first-order valence-corrected chi connectivity index (χ1v) is 9.29. The van der Waals surface area contributed by atoms with E-state index in [2.05, 4.69) is 26.2 Å². The molecule has 1 aromatic heterocycles. The lowest BCUT2D eigenvalue weighted by Gasteiger charge is -2.10. The van der Waals surface area contributed by atoms with E-state index in [0.29, 0.717) is 11.6 Å². The molecule has 28 heavy (non-hydrogen) atoms. The van der Waals surface area contributed by atoms with Gasteiger partial charge in [0.15, 0.2) is 6.79 Å². The van der Waals surface area contributed by atoms with Crippen LogP contribution in [0.2, 0.25) is 5.02 Å². The van der Waals surface area contributed by atoms with Gasteiger partial charge < -0.3 is 14.8 Å². The molecule has 1 N–H and O–H groups in total. The number of carbonyl (C=O) groups is 1. The average molecular weight is 466 g/mol. The molecule has 0 atom stereocenters. The van der Waals surface area contributed by atoms with E-state index in [1.54, 1.807) is 19.4 Å². The molecule has 0 unspecified atom stereocenters. The van der Waals surface area contributed by atoms with Crippen molar-refractivity contribution in [3.8, 4) is 16.9 Å². The van der Waals surface area contributed by atoms with Gasteiger partial charge in [-0.25, -0.2) is 9.37 Å². The van der Waals surface area contributed by atoms with E-state index in [9.17, 15) is 9.18 Å². The first-order chi connectivity index (χ1) is 13.5. The van der Waals surface area contributed by atoms with Gasteiger partial charge in [0.05, 0.1) is 10.6 Å². The van der Waals surface area contributed by atoms with Gasteiger partial charge in [-0.1, -0.05) is 27.5 Å². The maximum atomic E-state index is 13.1. The van der Waals surface area contributed by atoms with Crippen molar-refractivity contribution in [3.05, 3.63) is 75.6 Å². The Morgan fingerprint density at radius 3 is 2.71 bits per heavy atom. The summed E-state index contributed by atoms with van der Waals surface area (Å²) in [6, 6.07) is 12.6. The fourth-order valence-corrected chi connectivity index (χ4v) is 3.16. The predicted molar refractivity (Wildman–Crippen MR) is 109 cm³/mol. The zero-order valence-electron chi connectivity index (χ0n) is 14.7. The summed E-state index contributed by atoms with van der Waals surface area (Å²) in [4.78, 5) is 16.6.